The van der Waals surface area contributed by atoms with Crippen molar-refractivity contribution in [2.45, 2.75) is 39.2 Å². The minimum atomic E-state index is -0.137. The van der Waals surface area contributed by atoms with Gasteiger partial charge in [0.15, 0.2) is 0 Å². The fourth-order valence-electron chi connectivity index (χ4n) is 3.80. The van der Waals surface area contributed by atoms with Crippen molar-refractivity contribution in [1.82, 2.24) is 20.2 Å². The fourth-order valence-corrected chi connectivity index (χ4v) is 3.80. The number of carbonyl (C=O) groups is 1. The van der Waals surface area contributed by atoms with Crippen molar-refractivity contribution in [3.63, 3.8) is 0 Å². The Balaban J connectivity index is 0.00000121. The van der Waals surface area contributed by atoms with Gasteiger partial charge in [0.25, 0.3) is 0 Å². The Morgan fingerprint density at radius 3 is 3.05 bits per heavy atom. The van der Waals surface area contributed by atoms with E-state index in [0.29, 0.717) is 12.5 Å². The molecular formula is C15H26Cl2N4O. The molecule has 0 bridgehead atoms. The topological polar surface area (TPSA) is 59.0 Å². The predicted molar refractivity (Wildman–Crippen MR) is 91.7 cm³/mol. The maximum atomic E-state index is 12.6. The van der Waals surface area contributed by atoms with E-state index in [2.05, 4.69) is 20.2 Å². The monoisotopic (exact) mass is 348 g/mol. The zero-order valence-corrected chi connectivity index (χ0v) is 14.6. The van der Waals surface area contributed by atoms with Gasteiger partial charge in [-0.15, -0.1) is 24.8 Å². The summed E-state index contributed by atoms with van der Waals surface area (Å²) >= 11 is 0. The van der Waals surface area contributed by atoms with Crippen LogP contribution in [0.1, 0.15) is 31.5 Å². The van der Waals surface area contributed by atoms with Crippen molar-refractivity contribution < 1.29 is 4.79 Å². The highest BCUT2D eigenvalue weighted by molar-refractivity contribution is 5.85. The smallest absolute Gasteiger partial charge is 0.227 e. The molecule has 2 fully saturated rings. The first-order valence-electron chi connectivity index (χ1n) is 7.69. The molecule has 1 aromatic rings. The molecule has 1 aliphatic carbocycles. The van der Waals surface area contributed by atoms with E-state index in [1.54, 1.807) is 6.20 Å². The van der Waals surface area contributed by atoms with Gasteiger partial charge in [0.2, 0.25) is 5.91 Å². The second-order valence-corrected chi connectivity index (χ2v) is 6.15. The average molecular weight is 349 g/mol. The molecule has 126 valence electrons. The van der Waals surface area contributed by atoms with E-state index in [0.717, 1.165) is 31.9 Å². The Bertz CT molecular complexity index is 494. The number of hydrogen-bond donors (Lipinski definition) is 2. The zero-order chi connectivity index (χ0) is 14.0. The number of carbonyl (C=O) groups excluding carboxylic acids is 1. The van der Waals surface area contributed by atoms with Gasteiger partial charge in [-0.25, -0.2) is 4.98 Å². The first-order valence-corrected chi connectivity index (χ1v) is 7.69. The highest BCUT2D eigenvalue weighted by Crippen LogP contribution is 2.43. The van der Waals surface area contributed by atoms with E-state index in [9.17, 15) is 4.79 Å². The lowest BCUT2D eigenvalue weighted by Gasteiger charge is -2.37. The molecule has 5 nitrogen and oxygen atoms in total. The molecule has 3 rings (SSSR count). The molecule has 22 heavy (non-hydrogen) atoms. The maximum Gasteiger partial charge on any atom is 0.227 e. The molecule has 7 heteroatoms. The number of amides is 1. The lowest BCUT2D eigenvalue weighted by atomic mass is 9.67. The van der Waals surface area contributed by atoms with E-state index >= 15 is 0 Å². The minimum Gasteiger partial charge on any atom is -0.354 e. The predicted octanol–water partition coefficient (Wildman–Crippen LogP) is 1.93. The summed E-state index contributed by atoms with van der Waals surface area (Å²) in [5.41, 5.74) is -0.137. The van der Waals surface area contributed by atoms with Crippen molar-refractivity contribution in [3.8, 4) is 0 Å². The highest BCUT2D eigenvalue weighted by atomic mass is 35.5. The van der Waals surface area contributed by atoms with Gasteiger partial charge in [0, 0.05) is 32.0 Å². The normalized spacial score (nSPS) is 26.5. The number of imidazole rings is 1. The Hall–Kier alpha value is -0.780. The van der Waals surface area contributed by atoms with E-state index in [1.165, 1.54) is 19.3 Å². The van der Waals surface area contributed by atoms with Crippen LogP contribution in [0.5, 0.6) is 0 Å². The summed E-state index contributed by atoms with van der Waals surface area (Å²) in [6, 6.07) is 0. The summed E-state index contributed by atoms with van der Waals surface area (Å²) < 4.78 is 2.07. The molecule has 1 aromatic heterocycles. The summed E-state index contributed by atoms with van der Waals surface area (Å²) in [7, 11) is 0. The summed E-state index contributed by atoms with van der Waals surface area (Å²) in [5.74, 6) is 1.78. The molecule has 0 spiro atoms. The molecular weight excluding hydrogens is 323 g/mol. The third kappa shape index (κ3) is 3.58. The van der Waals surface area contributed by atoms with Crippen LogP contribution in [0.15, 0.2) is 12.4 Å². The van der Waals surface area contributed by atoms with Crippen LogP contribution >= 0.6 is 24.8 Å². The standard InChI is InChI=1S/C15H24N4O.2ClH/c1-12-17-6-8-19(12)9-7-18-14(20)15-5-3-2-4-13(15)10-16-11-15;;/h6,8,13,16H,2-5,7,9-11H2,1H3,(H,18,20);2*1H/t13-,15+;;/m0../s1. The van der Waals surface area contributed by atoms with E-state index in [4.69, 9.17) is 0 Å². The Labute approximate surface area is 144 Å². The third-order valence-corrected chi connectivity index (χ3v) is 5.05. The molecule has 1 saturated carbocycles. The minimum absolute atomic E-state index is 0. The van der Waals surface area contributed by atoms with Crippen molar-refractivity contribution in [2.24, 2.45) is 11.3 Å². The highest BCUT2D eigenvalue weighted by Gasteiger charge is 2.49. The van der Waals surface area contributed by atoms with E-state index in [1.807, 2.05) is 13.1 Å². The van der Waals surface area contributed by atoms with Gasteiger partial charge in [0.05, 0.1) is 5.41 Å². The number of aryl methyl sites for hydroxylation is 1. The van der Waals surface area contributed by atoms with Crippen molar-refractivity contribution in [1.29, 1.82) is 0 Å². The van der Waals surface area contributed by atoms with Crippen LogP contribution < -0.4 is 10.6 Å². The molecule has 2 aliphatic rings. The SMILES string of the molecule is Cc1nccn1CCNC(=O)[C@@]12CCCC[C@H]1CNC2.Cl.Cl. The molecule has 0 unspecified atom stereocenters. The summed E-state index contributed by atoms with van der Waals surface area (Å²) in [6.45, 7) is 5.33. The molecule has 0 aromatic carbocycles. The second-order valence-electron chi connectivity index (χ2n) is 6.15. The molecule has 1 saturated heterocycles. The molecule has 2 N–H and O–H groups in total. The van der Waals surface area contributed by atoms with Crippen LogP contribution in [0.3, 0.4) is 0 Å². The number of aromatic nitrogens is 2. The molecule has 2 atom stereocenters. The van der Waals surface area contributed by atoms with Crippen LogP contribution in [0.2, 0.25) is 0 Å². The number of nitrogens with one attached hydrogen (secondary N) is 2. The summed E-state index contributed by atoms with van der Waals surface area (Å²) in [6.07, 6.45) is 8.46. The van der Waals surface area contributed by atoms with Crippen molar-refractivity contribution >= 4 is 30.7 Å². The van der Waals surface area contributed by atoms with Crippen LogP contribution in [-0.4, -0.2) is 35.1 Å². The lowest BCUT2D eigenvalue weighted by molar-refractivity contribution is -0.134. The molecule has 0 radical (unpaired) electrons. The largest absolute Gasteiger partial charge is 0.354 e. The quantitative estimate of drug-likeness (QED) is 0.873. The van der Waals surface area contributed by atoms with Crippen LogP contribution in [-0.2, 0) is 11.3 Å². The van der Waals surface area contributed by atoms with E-state index < -0.39 is 0 Å². The average Bonchev–Trinajstić information content (AvgIpc) is 3.06. The van der Waals surface area contributed by atoms with Gasteiger partial charge in [-0.05, 0) is 32.2 Å². The Kier molecular flexibility index (Phi) is 7.16. The summed E-state index contributed by atoms with van der Waals surface area (Å²) in [4.78, 5) is 16.8. The number of halogens is 2. The summed E-state index contributed by atoms with van der Waals surface area (Å²) in [5, 5.41) is 6.58. The van der Waals surface area contributed by atoms with Crippen LogP contribution in [0, 0.1) is 18.3 Å². The number of fused-ring (bicyclic) bond motifs is 1. The first-order chi connectivity index (χ1) is 9.72. The van der Waals surface area contributed by atoms with Gasteiger partial charge in [-0.3, -0.25) is 4.79 Å². The second kappa shape index (κ2) is 8.18. The number of hydrogen-bond acceptors (Lipinski definition) is 3. The maximum absolute atomic E-state index is 12.6. The molecule has 1 amide bonds. The third-order valence-electron chi connectivity index (χ3n) is 5.05. The van der Waals surface area contributed by atoms with Crippen LogP contribution in [0.4, 0.5) is 0 Å². The zero-order valence-electron chi connectivity index (χ0n) is 13.0. The van der Waals surface area contributed by atoms with Gasteiger partial charge in [-0.1, -0.05) is 12.8 Å². The van der Waals surface area contributed by atoms with Gasteiger partial charge in [0.1, 0.15) is 5.82 Å². The van der Waals surface area contributed by atoms with Gasteiger partial charge < -0.3 is 15.2 Å². The number of nitrogens with zero attached hydrogens (tertiary/aromatic N) is 2. The van der Waals surface area contributed by atoms with Gasteiger partial charge in [-0.2, -0.15) is 0 Å². The van der Waals surface area contributed by atoms with E-state index in [-0.39, 0.29) is 36.1 Å². The number of rotatable bonds is 4. The van der Waals surface area contributed by atoms with Gasteiger partial charge >= 0.3 is 0 Å². The Morgan fingerprint density at radius 1 is 1.50 bits per heavy atom. The Morgan fingerprint density at radius 2 is 2.32 bits per heavy atom. The van der Waals surface area contributed by atoms with Crippen LogP contribution in [0.25, 0.3) is 0 Å². The fraction of sp³-hybridized carbons (Fsp3) is 0.733. The lowest BCUT2D eigenvalue weighted by Crippen LogP contribution is -2.48. The van der Waals surface area contributed by atoms with Crippen molar-refractivity contribution in [2.75, 3.05) is 19.6 Å². The van der Waals surface area contributed by atoms with Crippen molar-refractivity contribution in [3.05, 3.63) is 18.2 Å². The molecule has 1 aliphatic heterocycles. The molecule has 2 heterocycles. The first kappa shape index (κ1) is 19.3.